The van der Waals surface area contributed by atoms with Gasteiger partial charge in [0.25, 0.3) is 0 Å². The number of aromatic amines is 1. The minimum atomic E-state index is -0.374. The van der Waals surface area contributed by atoms with Gasteiger partial charge in [-0.25, -0.2) is 4.79 Å². The fourth-order valence-corrected chi connectivity index (χ4v) is 1.78. The molecule has 1 heterocycles. The van der Waals surface area contributed by atoms with E-state index in [-0.39, 0.29) is 5.97 Å². The van der Waals surface area contributed by atoms with E-state index in [0.29, 0.717) is 30.5 Å². The van der Waals surface area contributed by atoms with Crippen LogP contribution in [-0.4, -0.2) is 30.0 Å². The first kappa shape index (κ1) is 14.9. The van der Waals surface area contributed by atoms with Gasteiger partial charge in [0.1, 0.15) is 0 Å². The fourth-order valence-electron chi connectivity index (χ4n) is 1.59. The van der Waals surface area contributed by atoms with Gasteiger partial charge in [-0.3, -0.25) is 0 Å². The van der Waals surface area contributed by atoms with Crippen molar-refractivity contribution in [3.05, 3.63) is 17.0 Å². The monoisotopic (exact) mass is 273 g/mol. The van der Waals surface area contributed by atoms with Gasteiger partial charge in [-0.2, -0.15) is 0 Å². The van der Waals surface area contributed by atoms with Crippen molar-refractivity contribution in [1.82, 2.24) is 4.98 Å². The second-order valence-corrected chi connectivity index (χ2v) is 4.42. The molecule has 1 aromatic heterocycles. The van der Waals surface area contributed by atoms with Crippen LogP contribution in [0.2, 0.25) is 0 Å². The number of halogens is 1. The molecule has 1 rings (SSSR count). The van der Waals surface area contributed by atoms with Crippen LogP contribution in [0, 0.1) is 13.8 Å². The number of carbonyl (C=O) groups excluding carboxylic acids is 1. The van der Waals surface area contributed by atoms with Crippen molar-refractivity contribution < 1.29 is 14.3 Å². The van der Waals surface area contributed by atoms with Gasteiger partial charge in [0.15, 0.2) is 11.4 Å². The highest BCUT2D eigenvalue weighted by Crippen LogP contribution is 2.27. The van der Waals surface area contributed by atoms with Crippen LogP contribution in [0.25, 0.3) is 0 Å². The molecule has 18 heavy (non-hydrogen) atoms. The molecule has 102 valence electrons. The molecule has 0 radical (unpaired) electrons. The number of aryl methyl sites for hydroxylation is 1. The first-order chi connectivity index (χ1) is 8.61. The zero-order valence-electron chi connectivity index (χ0n) is 11.1. The maximum atomic E-state index is 11.8. The number of hydrogen-bond donors (Lipinski definition) is 1. The van der Waals surface area contributed by atoms with Crippen LogP contribution in [0.3, 0.4) is 0 Å². The van der Waals surface area contributed by atoms with E-state index in [2.05, 4.69) is 4.98 Å². The summed E-state index contributed by atoms with van der Waals surface area (Å²) in [5.41, 5.74) is 2.27. The number of H-pyrrole nitrogens is 1. The lowest BCUT2D eigenvalue weighted by Crippen LogP contribution is -2.08. The van der Waals surface area contributed by atoms with Crippen LogP contribution in [0.1, 0.15) is 41.5 Å². The number of esters is 1. The first-order valence-electron chi connectivity index (χ1n) is 6.16. The number of alkyl halides is 1. The normalized spacial score (nSPS) is 10.4. The van der Waals surface area contributed by atoms with Gasteiger partial charge in [-0.1, -0.05) is 0 Å². The third kappa shape index (κ3) is 3.67. The van der Waals surface area contributed by atoms with Crippen molar-refractivity contribution in [3.63, 3.8) is 0 Å². The molecule has 0 fully saturated rings. The Hall–Kier alpha value is -1.16. The summed E-state index contributed by atoms with van der Waals surface area (Å²) in [6.07, 6.45) is 1.77. The van der Waals surface area contributed by atoms with Crippen LogP contribution in [0.4, 0.5) is 0 Å². The summed E-state index contributed by atoms with van der Waals surface area (Å²) < 4.78 is 10.7. The lowest BCUT2D eigenvalue weighted by molar-refractivity contribution is 0.0515. The van der Waals surface area contributed by atoms with Crippen LogP contribution >= 0.6 is 11.6 Å². The zero-order valence-corrected chi connectivity index (χ0v) is 11.9. The number of nitrogens with one attached hydrogen (secondary N) is 1. The van der Waals surface area contributed by atoms with E-state index in [9.17, 15) is 4.79 Å². The van der Waals surface area contributed by atoms with Gasteiger partial charge in [-0.05, 0) is 33.6 Å². The van der Waals surface area contributed by atoms with Crippen molar-refractivity contribution in [2.45, 2.75) is 33.6 Å². The van der Waals surface area contributed by atoms with Crippen LogP contribution in [0.15, 0.2) is 0 Å². The molecule has 5 heteroatoms. The van der Waals surface area contributed by atoms with Gasteiger partial charge in [0.05, 0.1) is 13.2 Å². The van der Waals surface area contributed by atoms with Gasteiger partial charge >= 0.3 is 5.97 Å². The summed E-state index contributed by atoms with van der Waals surface area (Å²) in [5, 5.41) is 0. The summed E-state index contributed by atoms with van der Waals surface area (Å²) in [5.74, 6) is 0.848. The molecule has 0 aliphatic rings. The molecule has 0 aromatic carbocycles. The molecule has 0 amide bonds. The van der Waals surface area contributed by atoms with E-state index in [0.717, 1.165) is 24.1 Å². The van der Waals surface area contributed by atoms with Crippen molar-refractivity contribution in [2.75, 3.05) is 19.1 Å². The molecule has 4 nitrogen and oxygen atoms in total. The maximum Gasteiger partial charge on any atom is 0.358 e. The van der Waals surface area contributed by atoms with E-state index in [4.69, 9.17) is 21.1 Å². The molecule has 1 aromatic rings. The summed E-state index contributed by atoms with van der Waals surface area (Å²) in [4.78, 5) is 14.8. The first-order valence-corrected chi connectivity index (χ1v) is 6.70. The summed E-state index contributed by atoms with van der Waals surface area (Å²) in [6, 6.07) is 0. The Kier molecular flexibility index (Phi) is 6.05. The number of aromatic nitrogens is 1. The highest BCUT2D eigenvalue weighted by Gasteiger charge is 2.20. The van der Waals surface area contributed by atoms with Crippen molar-refractivity contribution in [1.29, 1.82) is 0 Å². The zero-order chi connectivity index (χ0) is 13.5. The summed E-state index contributed by atoms with van der Waals surface area (Å²) in [7, 11) is 0. The number of unbranched alkanes of at least 4 members (excludes halogenated alkanes) is 1. The lowest BCUT2D eigenvalue weighted by atomic mass is 10.2. The molecule has 0 aliphatic carbocycles. The minimum Gasteiger partial charge on any atom is -0.491 e. The van der Waals surface area contributed by atoms with Crippen LogP contribution in [-0.2, 0) is 4.74 Å². The number of rotatable bonds is 7. The van der Waals surface area contributed by atoms with E-state index in [1.807, 2.05) is 13.8 Å². The Morgan fingerprint density at radius 1 is 1.33 bits per heavy atom. The second-order valence-electron chi connectivity index (χ2n) is 4.04. The topological polar surface area (TPSA) is 51.3 Å². The number of hydrogen-bond acceptors (Lipinski definition) is 3. The van der Waals surface area contributed by atoms with E-state index in [1.54, 1.807) is 6.92 Å². The Morgan fingerprint density at radius 3 is 2.67 bits per heavy atom. The van der Waals surface area contributed by atoms with Gasteiger partial charge in [-0.15, -0.1) is 11.6 Å². The third-order valence-electron chi connectivity index (χ3n) is 2.70. The lowest BCUT2D eigenvalue weighted by Gasteiger charge is -2.07. The number of carbonyl (C=O) groups is 1. The molecule has 1 N–H and O–H groups in total. The van der Waals surface area contributed by atoms with Crippen LogP contribution in [0.5, 0.6) is 5.75 Å². The van der Waals surface area contributed by atoms with Gasteiger partial charge < -0.3 is 14.5 Å². The van der Waals surface area contributed by atoms with Crippen LogP contribution < -0.4 is 4.74 Å². The largest absolute Gasteiger partial charge is 0.491 e. The van der Waals surface area contributed by atoms with E-state index in [1.165, 1.54) is 0 Å². The standard InChI is InChI=1S/C13H20ClNO3/c1-4-17-13(16)11-12(9(2)10(3)15-11)18-8-6-5-7-14/h15H,4-8H2,1-3H3. The number of ether oxygens (including phenoxy) is 2. The molecule has 0 aliphatic heterocycles. The third-order valence-corrected chi connectivity index (χ3v) is 2.96. The molecule has 0 saturated carbocycles. The molecule has 0 bridgehead atoms. The maximum absolute atomic E-state index is 11.8. The molecule has 0 atom stereocenters. The Bertz CT molecular complexity index is 401. The SMILES string of the molecule is CCOC(=O)c1[nH]c(C)c(C)c1OCCCCCl. The smallest absolute Gasteiger partial charge is 0.358 e. The van der Waals surface area contributed by atoms with E-state index >= 15 is 0 Å². The summed E-state index contributed by atoms with van der Waals surface area (Å²) in [6.45, 7) is 6.51. The van der Waals surface area contributed by atoms with Crippen molar-refractivity contribution in [2.24, 2.45) is 0 Å². The van der Waals surface area contributed by atoms with E-state index < -0.39 is 0 Å². The predicted molar refractivity (Wildman–Crippen MR) is 71.7 cm³/mol. The van der Waals surface area contributed by atoms with Gasteiger partial charge in [0.2, 0.25) is 0 Å². The van der Waals surface area contributed by atoms with Crippen molar-refractivity contribution >= 4 is 17.6 Å². The quantitative estimate of drug-likeness (QED) is 0.471. The Morgan fingerprint density at radius 2 is 2.06 bits per heavy atom. The fraction of sp³-hybridized carbons (Fsp3) is 0.615. The highest BCUT2D eigenvalue weighted by molar-refractivity contribution is 6.17. The Labute approximate surface area is 113 Å². The average Bonchev–Trinajstić information content (AvgIpc) is 2.63. The minimum absolute atomic E-state index is 0.349. The molecule has 0 unspecified atom stereocenters. The average molecular weight is 274 g/mol. The summed E-state index contributed by atoms with van der Waals surface area (Å²) >= 11 is 5.61. The second kappa shape index (κ2) is 7.31. The molecular formula is C13H20ClNO3. The molecule has 0 spiro atoms. The van der Waals surface area contributed by atoms with Gasteiger partial charge in [0, 0.05) is 17.1 Å². The predicted octanol–water partition coefficient (Wildman–Crippen LogP) is 3.21. The molecule has 0 saturated heterocycles. The highest BCUT2D eigenvalue weighted by atomic mass is 35.5. The molecular weight excluding hydrogens is 254 g/mol. The van der Waals surface area contributed by atoms with Crippen molar-refractivity contribution in [3.8, 4) is 5.75 Å². The Balaban J connectivity index is 2.77.